The summed E-state index contributed by atoms with van der Waals surface area (Å²) in [6.45, 7) is 3.51. The highest BCUT2D eigenvalue weighted by molar-refractivity contribution is 6.00. The van der Waals surface area contributed by atoms with Gasteiger partial charge < -0.3 is 15.7 Å². The van der Waals surface area contributed by atoms with Gasteiger partial charge in [-0.2, -0.15) is 0 Å². The molecule has 126 valence electrons. The third-order valence-corrected chi connectivity index (χ3v) is 4.59. The van der Waals surface area contributed by atoms with Crippen molar-refractivity contribution in [1.29, 1.82) is 0 Å². The summed E-state index contributed by atoms with van der Waals surface area (Å²) in [5, 5.41) is 17.4. The molecule has 1 fully saturated rings. The van der Waals surface area contributed by atoms with Gasteiger partial charge >= 0.3 is 6.03 Å². The van der Waals surface area contributed by atoms with Crippen LogP contribution in [0.25, 0.3) is 0 Å². The van der Waals surface area contributed by atoms with E-state index in [1.165, 1.54) is 5.56 Å². The molecule has 1 heterocycles. The van der Waals surface area contributed by atoms with Crippen LogP contribution in [-0.2, 0) is 4.79 Å². The Balaban J connectivity index is 1.58. The van der Waals surface area contributed by atoms with Crippen molar-refractivity contribution in [3.05, 3.63) is 59.6 Å². The smallest absolute Gasteiger partial charge is 0.324 e. The molecule has 2 aliphatic rings. The minimum Gasteiger partial charge on any atom is -0.504 e. The third kappa shape index (κ3) is 3.42. The zero-order chi connectivity index (χ0) is 17.1. The summed E-state index contributed by atoms with van der Waals surface area (Å²) in [7, 11) is 0. The van der Waals surface area contributed by atoms with Crippen LogP contribution in [0.15, 0.2) is 54.1 Å². The molecule has 3 rings (SSSR count). The van der Waals surface area contributed by atoms with Gasteiger partial charge in [-0.1, -0.05) is 36.9 Å². The van der Waals surface area contributed by atoms with Crippen LogP contribution in [-0.4, -0.2) is 23.1 Å². The van der Waals surface area contributed by atoms with Gasteiger partial charge in [-0.3, -0.25) is 10.1 Å². The number of carbonyl (C=O) groups excluding carboxylic acids is 2. The average Bonchev–Trinajstić information content (AvgIpc) is 2.59. The molecule has 0 aromatic heterocycles. The van der Waals surface area contributed by atoms with Gasteiger partial charge in [0.2, 0.25) is 0 Å². The molecule has 1 aromatic rings. The lowest BCUT2D eigenvalue weighted by Gasteiger charge is -2.30. The fourth-order valence-electron chi connectivity index (χ4n) is 3.27. The topological polar surface area (TPSA) is 90.5 Å². The zero-order valence-corrected chi connectivity index (χ0v) is 13.3. The highest BCUT2D eigenvalue weighted by Crippen LogP contribution is 2.32. The molecule has 1 aliphatic carbocycles. The molecular formula is C18H21N3O3. The number of benzene rings is 1. The Labute approximate surface area is 140 Å². The number of hydrogen-bond acceptors (Lipinski definition) is 3. The van der Waals surface area contributed by atoms with Gasteiger partial charge in [0.1, 0.15) is 0 Å². The SMILES string of the molecule is C=C1NC(=O)NC(C(=O)NC2CCC(c3ccccc3)CC2)=C1O. The van der Waals surface area contributed by atoms with Gasteiger partial charge in [0, 0.05) is 6.04 Å². The lowest BCUT2D eigenvalue weighted by Crippen LogP contribution is -2.47. The number of hydrogen-bond donors (Lipinski definition) is 4. The number of nitrogens with one attached hydrogen (secondary N) is 3. The Bertz CT molecular complexity index is 689. The standard InChI is InChI=1S/C18H21N3O3/c1-11-16(22)15(21-18(24)19-11)17(23)20-14-9-7-13(8-10-14)12-5-3-2-4-6-12/h2-6,13-14,22H,1,7-10H2,(H,20,23)(H2,19,21,24). The lowest BCUT2D eigenvalue weighted by molar-refractivity contribution is -0.118. The number of aliphatic hydroxyl groups excluding tert-OH is 1. The summed E-state index contributed by atoms with van der Waals surface area (Å²) >= 11 is 0. The highest BCUT2D eigenvalue weighted by Gasteiger charge is 2.28. The summed E-state index contributed by atoms with van der Waals surface area (Å²) in [4.78, 5) is 23.7. The van der Waals surface area contributed by atoms with Crippen molar-refractivity contribution in [2.75, 3.05) is 0 Å². The van der Waals surface area contributed by atoms with E-state index in [0.29, 0.717) is 5.92 Å². The molecule has 0 saturated heterocycles. The molecule has 3 amide bonds. The van der Waals surface area contributed by atoms with Crippen LogP contribution in [0.1, 0.15) is 37.2 Å². The van der Waals surface area contributed by atoms with E-state index in [1.807, 2.05) is 18.2 Å². The maximum Gasteiger partial charge on any atom is 0.324 e. The van der Waals surface area contributed by atoms with Gasteiger partial charge in [0.25, 0.3) is 5.91 Å². The van der Waals surface area contributed by atoms with Crippen molar-refractivity contribution >= 4 is 11.9 Å². The quantitative estimate of drug-likeness (QED) is 0.687. The van der Waals surface area contributed by atoms with Crippen LogP contribution < -0.4 is 16.0 Å². The normalized spacial score (nSPS) is 24.2. The predicted molar refractivity (Wildman–Crippen MR) is 90.0 cm³/mol. The number of urea groups is 1. The Morgan fingerprint density at radius 2 is 1.79 bits per heavy atom. The van der Waals surface area contributed by atoms with Crippen LogP contribution in [0.3, 0.4) is 0 Å². The summed E-state index contributed by atoms with van der Waals surface area (Å²) in [5.41, 5.74) is 1.22. The Morgan fingerprint density at radius 3 is 2.46 bits per heavy atom. The molecule has 0 unspecified atom stereocenters. The Kier molecular flexibility index (Phi) is 4.55. The van der Waals surface area contributed by atoms with Crippen molar-refractivity contribution in [1.82, 2.24) is 16.0 Å². The van der Waals surface area contributed by atoms with E-state index in [-0.39, 0.29) is 23.2 Å². The van der Waals surface area contributed by atoms with Crippen LogP contribution in [0.5, 0.6) is 0 Å². The third-order valence-electron chi connectivity index (χ3n) is 4.59. The van der Waals surface area contributed by atoms with Gasteiger partial charge in [-0.25, -0.2) is 4.79 Å². The number of rotatable bonds is 3. The molecule has 1 saturated carbocycles. The maximum atomic E-state index is 12.3. The van der Waals surface area contributed by atoms with E-state index < -0.39 is 11.9 Å². The molecule has 1 aliphatic heterocycles. The molecule has 6 heteroatoms. The predicted octanol–water partition coefficient (Wildman–Crippen LogP) is 2.43. The zero-order valence-electron chi connectivity index (χ0n) is 13.3. The summed E-state index contributed by atoms with van der Waals surface area (Å²) in [6.07, 6.45) is 3.74. The maximum absolute atomic E-state index is 12.3. The number of carbonyl (C=O) groups is 2. The van der Waals surface area contributed by atoms with E-state index in [4.69, 9.17) is 0 Å². The second-order valence-electron chi connectivity index (χ2n) is 6.21. The van der Waals surface area contributed by atoms with Crippen molar-refractivity contribution in [3.63, 3.8) is 0 Å². The minimum absolute atomic E-state index is 0.0247. The lowest BCUT2D eigenvalue weighted by atomic mass is 9.82. The van der Waals surface area contributed by atoms with E-state index in [9.17, 15) is 14.7 Å². The summed E-state index contributed by atoms with van der Waals surface area (Å²) < 4.78 is 0. The van der Waals surface area contributed by atoms with E-state index in [0.717, 1.165) is 25.7 Å². The summed E-state index contributed by atoms with van der Waals surface area (Å²) in [5.74, 6) is -0.290. The molecule has 6 nitrogen and oxygen atoms in total. The molecular weight excluding hydrogens is 306 g/mol. The van der Waals surface area contributed by atoms with Gasteiger partial charge in [-0.05, 0) is 37.2 Å². The first kappa shape index (κ1) is 16.1. The largest absolute Gasteiger partial charge is 0.504 e. The van der Waals surface area contributed by atoms with Crippen molar-refractivity contribution in [2.45, 2.75) is 37.6 Å². The highest BCUT2D eigenvalue weighted by atomic mass is 16.3. The van der Waals surface area contributed by atoms with Crippen LogP contribution >= 0.6 is 0 Å². The van der Waals surface area contributed by atoms with E-state index in [1.54, 1.807) is 0 Å². The van der Waals surface area contributed by atoms with Crippen molar-refractivity contribution in [3.8, 4) is 0 Å². The van der Waals surface area contributed by atoms with Gasteiger partial charge in [0.05, 0.1) is 5.70 Å². The molecule has 0 spiro atoms. The monoisotopic (exact) mass is 327 g/mol. The molecule has 0 atom stereocenters. The Morgan fingerprint density at radius 1 is 1.12 bits per heavy atom. The average molecular weight is 327 g/mol. The van der Waals surface area contributed by atoms with Gasteiger partial charge in [-0.15, -0.1) is 0 Å². The molecule has 0 radical (unpaired) electrons. The van der Waals surface area contributed by atoms with Crippen molar-refractivity contribution in [2.24, 2.45) is 0 Å². The molecule has 1 aromatic carbocycles. The summed E-state index contributed by atoms with van der Waals surface area (Å²) in [6, 6.07) is 9.85. The molecule has 4 N–H and O–H groups in total. The van der Waals surface area contributed by atoms with Crippen LogP contribution in [0.4, 0.5) is 4.79 Å². The number of aliphatic hydroxyl groups is 1. The second kappa shape index (κ2) is 6.78. The van der Waals surface area contributed by atoms with E-state index >= 15 is 0 Å². The molecule has 24 heavy (non-hydrogen) atoms. The van der Waals surface area contributed by atoms with E-state index in [2.05, 4.69) is 34.7 Å². The first-order chi connectivity index (χ1) is 11.5. The Hall–Kier alpha value is -2.76. The second-order valence-corrected chi connectivity index (χ2v) is 6.21. The van der Waals surface area contributed by atoms with Crippen LogP contribution in [0, 0.1) is 0 Å². The fourth-order valence-corrected chi connectivity index (χ4v) is 3.27. The van der Waals surface area contributed by atoms with Crippen LogP contribution in [0.2, 0.25) is 0 Å². The fraction of sp³-hybridized carbons (Fsp3) is 0.333. The molecule has 0 bridgehead atoms. The first-order valence-electron chi connectivity index (χ1n) is 8.11. The van der Waals surface area contributed by atoms with Gasteiger partial charge in [0.15, 0.2) is 11.5 Å². The minimum atomic E-state index is -0.573. The van der Waals surface area contributed by atoms with Crippen molar-refractivity contribution < 1.29 is 14.7 Å². The number of amides is 3. The first-order valence-corrected chi connectivity index (χ1v) is 8.11.